The van der Waals surface area contributed by atoms with Gasteiger partial charge in [0.25, 0.3) is 5.91 Å². The van der Waals surface area contributed by atoms with Crippen LogP contribution in [0.1, 0.15) is 29.9 Å². The van der Waals surface area contributed by atoms with Crippen LogP contribution in [0.2, 0.25) is 0 Å². The summed E-state index contributed by atoms with van der Waals surface area (Å²) in [6.07, 6.45) is 1.76. The number of nitrogens with zero attached hydrogens (tertiary/aromatic N) is 3. The van der Waals surface area contributed by atoms with E-state index in [1.165, 1.54) is 24.3 Å². The van der Waals surface area contributed by atoms with E-state index in [-0.39, 0.29) is 35.8 Å². The van der Waals surface area contributed by atoms with Crippen molar-refractivity contribution in [3.63, 3.8) is 0 Å². The van der Waals surface area contributed by atoms with Crippen molar-refractivity contribution < 1.29 is 18.3 Å². The van der Waals surface area contributed by atoms with Gasteiger partial charge in [0.1, 0.15) is 17.5 Å². The number of anilines is 3. The Hall–Kier alpha value is -3.59. The number of amides is 1. The van der Waals surface area contributed by atoms with Gasteiger partial charge in [0.2, 0.25) is 0 Å². The Kier molecular flexibility index (Phi) is 5.41. The van der Waals surface area contributed by atoms with Gasteiger partial charge in [0.15, 0.2) is 0 Å². The van der Waals surface area contributed by atoms with Crippen molar-refractivity contribution in [2.45, 2.75) is 32.5 Å². The molecule has 3 aromatic rings. The Morgan fingerprint density at radius 2 is 1.82 bits per heavy atom. The molecule has 0 bridgehead atoms. The maximum atomic E-state index is 14.4. The fourth-order valence-corrected chi connectivity index (χ4v) is 4.46. The zero-order chi connectivity index (χ0) is 23.1. The maximum Gasteiger partial charge on any atom is 0.255 e. The number of nitrogens with one attached hydrogen (secondary N) is 2. The molecule has 0 saturated carbocycles. The molecule has 0 aliphatic carbocycles. The summed E-state index contributed by atoms with van der Waals surface area (Å²) in [6.45, 7) is 5.69. The first kappa shape index (κ1) is 21.3. The molecule has 5 rings (SSSR count). The third-order valence-electron chi connectivity index (χ3n) is 5.93. The number of morpholine rings is 1. The molecule has 2 atom stereocenters. The number of aromatic nitrogens is 2. The topological polar surface area (TPSA) is 79.4 Å². The Bertz CT molecular complexity index is 1190. The number of hydrogen-bond acceptors (Lipinski definition) is 6. The first-order valence-corrected chi connectivity index (χ1v) is 10.8. The van der Waals surface area contributed by atoms with Crippen molar-refractivity contribution in [3.8, 4) is 11.3 Å². The Morgan fingerprint density at radius 1 is 1.09 bits per heavy atom. The van der Waals surface area contributed by atoms with Crippen LogP contribution in [0.5, 0.6) is 0 Å². The van der Waals surface area contributed by atoms with Crippen LogP contribution in [-0.4, -0.2) is 41.2 Å². The lowest BCUT2D eigenvalue weighted by molar-refractivity contribution is 0.0756. The summed E-state index contributed by atoms with van der Waals surface area (Å²) in [5.41, 5.74) is 2.00. The molecule has 0 radical (unpaired) electrons. The summed E-state index contributed by atoms with van der Waals surface area (Å²) in [5, 5.41) is 5.85. The third-order valence-corrected chi connectivity index (χ3v) is 5.93. The summed E-state index contributed by atoms with van der Waals surface area (Å²) >= 11 is 0. The minimum absolute atomic E-state index is 0.107. The van der Waals surface area contributed by atoms with Gasteiger partial charge in [0.05, 0.1) is 59.8 Å². The summed E-state index contributed by atoms with van der Waals surface area (Å²) in [7, 11) is 0. The van der Waals surface area contributed by atoms with Crippen LogP contribution in [-0.2, 0) is 11.3 Å². The van der Waals surface area contributed by atoms with Crippen molar-refractivity contribution in [2.24, 2.45) is 0 Å². The molecule has 2 N–H and O–H groups in total. The van der Waals surface area contributed by atoms with Gasteiger partial charge in [-0.05, 0) is 44.2 Å². The van der Waals surface area contributed by atoms with Gasteiger partial charge in [-0.3, -0.25) is 4.79 Å². The van der Waals surface area contributed by atoms with E-state index in [9.17, 15) is 13.6 Å². The molecule has 0 unspecified atom stereocenters. The number of rotatable bonds is 4. The molecule has 7 nitrogen and oxygen atoms in total. The van der Waals surface area contributed by atoms with Crippen molar-refractivity contribution in [1.29, 1.82) is 0 Å². The van der Waals surface area contributed by atoms with Crippen molar-refractivity contribution in [3.05, 3.63) is 65.5 Å². The number of carbonyl (C=O) groups is 1. The number of hydrogen-bond donors (Lipinski definition) is 2. The number of pyridine rings is 2. The number of carbonyl (C=O) groups excluding carboxylic acids is 1. The highest BCUT2D eigenvalue weighted by Crippen LogP contribution is 2.33. The normalized spacial score (nSPS) is 19.9. The van der Waals surface area contributed by atoms with Crippen LogP contribution in [0.25, 0.3) is 11.3 Å². The second-order valence-corrected chi connectivity index (χ2v) is 8.33. The Morgan fingerprint density at radius 3 is 2.48 bits per heavy atom. The molecule has 1 aromatic carbocycles. The summed E-state index contributed by atoms with van der Waals surface area (Å²) in [5.74, 6) is -1.24. The van der Waals surface area contributed by atoms with Gasteiger partial charge in [-0.2, -0.15) is 0 Å². The zero-order valence-electron chi connectivity index (χ0n) is 18.2. The predicted molar refractivity (Wildman–Crippen MR) is 121 cm³/mol. The lowest BCUT2D eigenvalue weighted by atomic mass is 10.1. The largest absolute Gasteiger partial charge is 0.377 e. The Balaban J connectivity index is 1.49. The lowest BCUT2D eigenvalue weighted by Crippen LogP contribution is -2.49. The molecule has 2 aliphatic rings. The summed E-state index contributed by atoms with van der Waals surface area (Å²) in [4.78, 5) is 23.5. The standard InChI is InChI=1S/C24H23F2N5O2/c1-13-11-33-12-14(2)31(13)15-6-7-21(27-9-15)30-19-8-18(22-16(25)4-3-5-17(22)26)29-20-10-28-24(32)23(19)20/h3-9,13-14H,10-12H2,1-2H3,(H,28,32)(H,27,29,30)/t13-,14-/m1/s1. The molecular weight excluding hydrogens is 428 g/mol. The van der Waals surface area contributed by atoms with E-state index in [0.717, 1.165) is 5.69 Å². The van der Waals surface area contributed by atoms with Gasteiger partial charge in [-0.15, -0.1) is 0 Å². The van der Waals surface area contributed by atoms with Crippen LogP contribution in [0.4, 0.5) is 26.0 Å². The average Bonchev–Trinajstić information content (AvgIpc) is 3.16. The fraction of sp³-hybridized carbons (Fsp3) is 0.292. The average molecular weight is 451 g/mol. The lowest BCUT2D eigenvalue weighted by Gasteiger charge is -2.40. The van der Waals surface area contributed by atoms with E-state index >= 15 is 0 Å². The van der Waals surface area contributed by atoms with E-state index in [4.69, 9.17) is 4.74 Å². The monoisotopic (exact) mass is 451 g/mol. The minimum atomic E-state index is -0.720. The molecule has 2 aromatic heterocycles. The highest BCUT2D eigenvalue weighted by atomic mass is 19.1. The zero-order valence-corrected chi connectivity index (χ0v) is 18.2. The first-order chi connectivity index (χ1) is 15.9. The second-order valence-electron chi connectivity index (χ2n) is 8.33. The maximum absolute atomic E-state index is 14.4. The molecule has 0 spiro atoms. The molecule has 4 heterocycles. The predicted octanol–water partition coefficient (Wildman–Crippen LogP) is 4.02. The van der Waals surface area contributed by atoms with E-state index in [1.807, 2.05) is 12.1 Å². The van der Waals surface area contributed by atoms with Crippen molar-refractivity contribution in [1.82, 2.24) is 15.3 Å². The van der Waals surface area contributed by atoms with Crippen LogP contribution < -0.4 is 15.5 Å². The van der Waals surface area contributed by atoms with Gasteiger partial charge in [0, 0.05) is 12.1 Å². The van der Waals surface area contributed by atoms with Gasteiger partial charge < -0.3 is 20.3 Å². The summed E-state index contributed by atoms with van der Waals surface area (Å²) in [6, 6.07) is 9.34. The highest BCUT2D eigenvalue weighted by Gasteiger charge is 2.28. The van der Waals surface area contributed by atoms with Crippen LogP contribution in [0.15, 0.2) is 42.6 Å². The molecule has 1 saturated heterocycles. The quantitative estimate of drug-likeness (QED) is 0.624. The van der Waals surface area contributed by atoms with E-state index < -0.39 is 11.6 Å². The number of ether oxygens (including phenoxy) is 1. The van der Waals surface area contributed by atoms with Gasteiger partial charge in [-0.1, -0.05) is 6.07 Å². The van der Waals surface area contributed by atoms with E-state index in [0.29, 0.717) is 36.0 Å². The minimum Gasteiger partial charge on any atom is -0.377 e. The first-order valence-electron chi connectivity index (χ1n) is 10.8. The third kappa shape index (κ3) is 3.89. The van der Waals surface area contributed by atoms with Crippen LogP contribution in [0, 0.1) is 11.6 Å². The number of benzene rings is 1. The number of halogens is 2. The molecule has 170 valence electrons. The van der Waals surface area contributed by atoms with E-state index in [1.54, 1.807) is 6.20 Å². The van der Waals surface area contributed by atoms with Gasteiger partial charge in [-0.25, -0.2) is 18.7 Å². The van der Waals surface area contributed by atoms with E-state index in [2.05, 4.69) is 39.3 Å². The number of fused-ring (bicyclic) bond motifs is 1. The highest BCUT2D eigenvalue weighted by molar-refractivity contribution is 6.04. The van der Waals surface area contributed by atoms with Crippen LogP contribution >= 0.6 is 0 Å². The smallest absolute Gasteiger partial charge is 0.255 e. The van der Waals surface area contributed by atoms with Crippen molar-refractivity contribution in [2.75, 3.05) is 23.4 Å². The van der Waals surface area contributed by atoms with Crippen LogP contribution in [0.3, 0.4) is 0 Å². The SMILES string of the molecule is C[C@@H]1COC[C@@H](C)N1c1ccc(Nc2cc(-c3c(F)cccc3F)nc3c2C(=O)NC3)nc1. The molecule has 9 heteroatoms. The van der Waals surface area contributed by atoms with Crippen molar-refractivity contribution >= 4 is 23.1 Å². The molecule has 1 fully saturated rings. The molecule has 2 aliphatic heterocycles. The summed E-state index contributed by atoms with van der Waals surface area (Å²) < 4.78 is 34.4. The molecular formula is C24H23F2N5O2. The molecule has 1 amide bonds. The van der Waals surface area contributed by atoms with Gasteiger partial charge >= 0.3 is 0 Å². The molecule has 33 heavy (non-hydrogen) atoms. The second kappa shape index (κ2) is 8.40. The fourth-order valence-electron chi connectivity index (χ4n) is 4.46. The Labute approximate surface area is 189 Å².